The van der Waals surface area contributed by atoms with E-state index in [1.165, 1.54) is 0 Å². The third-order valence-corrected chi connectivity index (χ3v) is 3.48. The molecule has 0 unspecified atom stereocenters. The summed E-state index contributed by atoms with van der Waals surface area (Å²) in [6, 6.07) is 10.1. The summed E-state index contributed by atoms with van der Waals surface area (Å²) in [4.78, 5) is 16.3. The van der Waals surface area contributed by atoms with E-state index in [0.717, 1.165) is 28.1 Å². The fourth-order valence-corrected chi connectivity index (χ4v) is 2.53. The van der Waals surface area contributed by atoms with E-state index in [4.69, 9.17) is 0 Å². The van der Waals surface area contributed by atoms with Crippen LogP contribution in [0.25, 0.3) is 22.3 Å². The molecule has 4 aromatic rings. The summed E-state index contributed by atoms with van der Waals surface area (Å²) >= 11 is 0. The van der Waals surface area contributed by atoms with Gasteiger partial charge in [-0.3, -0.25) is 4.98 Å². The Morgan fingerprint density at radius 2 is 1.95 bits per heavy atom. The molecule has 1 aromatic carbocycles. The molecule has 0 aliphatic carbocycles. The third kappa shape index (κ3) is 2.08. The molecule has 0 spiro atoms. The number of imidazole rings is 2. The first kappa shape index (κ1) is 11.8. The first-order valence-electron chi connectivity index (χ1n) is 6.75. The molecule has 0 fully saturated rings. The van der Waals surface area contributed by atoms with E-state index < -0.39 is 0 Å². The molecule has 0 bridgehead atoms. The highest BCUT2D eigenvalue weighted by molar-refractivity contribution is 5.92. The molecule has 0 saturated carbocycles. The van der Waals surface area contributed by atoms with Gasteiger partial charge in [-0.25, -0.2) is 9.97 Å². The Hall–Kier alpha value is -2.95. The SMILES string of the molecule is c1cc(-c2nccn2Cc2ncc[nH]2)c2cccnc2c1. The molecule has 4 rings (SSSR count). The zero-order chi connectivity index (χ0) is 14.1. The molecule has 0 amide bonds. The Balaban J connectivity index is 1.84. The highest BCUT2D eigenvalue weighted by Gasteiger charge is 2.10. The third-order valence-electron chi connectivity index (χ3n) is 3.48. The van der Waals surface area contributed by atoms with Crippen molar-refractivity contribution in [2.75, 3.05) is 0 Å². The van der Waals surface area contributed by atoms with Crippen molar-refractivity contribution in [1.29, 1.82) is 0 Å². The van der Waals surface area contributed by atoms with Crippen LogP contribution in [0.5, 0.6) is 0 Å². The second kappa shape index (κ2) is 4.86. The van der Waals surface area contributed by atoms with Gasteiger partial charge in [0.15, 0.2) is 0 Å². The van der Waals surface area contributed by atoms with Crippen LogP contribution in [0.15, 0.2) is 61.3 Å². The van der Waals surface area contributed by atoms with Gasteiger partial charge in [-0.1, -0.05) is 18.2 Å². The minimum Gasteiger partial charge on any atom is -0.347 e. The first-order chi connectivity index (χ1) is 10.4. The minimum atomic E-state index is 0.666. The summed E-state index contributed by atoms with van der Waals surface area (Å²) in [6.07, 6.45) is 9.17. The maximum absolute atomic E-state index is 4.51. The largest absolute Gasteiger partial charge is 0.347 e. The lowest BCUT2D eigenvalue weighted by atomic mass is 10.1. The van der Waals surface area contributed by atoms with Crippen LogP contribution in [0.2, 0.25) is 0 Å². The number of hydrogen-bond donors (Lipinski definition) is 1. The van der Waals surface area contributed by atoms with E-state index in [9.17, 15) is 0 Å². The molecule has 21 heavy (non-hydrogen) atoms. The molecule has 0 saturated heterocycles. The summed E-state index contributed by atoms with van der Waals surface area (Å²) in [5.74, 6) is 1.83. The number of benzene rings is 1. The van der Waals surface area contributed by atoms with E-state index in [1.807, 2.05) is 36.8 Å². The Kier molecular flexibility index (Phi) is 2.74. The van der Waals surface area contributed by atoms with Gasteiger partial charge < -0.3 is 9.55 Å². The second-order valence-electron chi connectivity index (χ2n) is 4.79. The number of rotatable bonds is 3. The summed E-state index contributed by atoms with van der Waals surface area (Å²) < 4.78 is 2.08. The van der Waals surface area contributed by atoms with E-state index in [0.29, 0.717) is 6.54 Å². The molecule has 102 valence electrons. The van der Waals surface area contributed by atoms with Crippen LogP contribution in [-0.2, 0) is 6.54 Å². The van der Waals surface area contributed by atoms with Crippen molar-refractivity contribution >= 4 is 10.9 Å². The summed E-state index contributed by atoms with van der Waals surface area (Å²) in [5, 5.41) is 1.10. The van der Waals surface area contributed by atoms with Crippen LogP contribution in [0.4, 0.5) is 0 Å². The average molecular weight is 275 g/mol. The van der Waals surface area contributed by atoms with E-state index in [2.05, 4.69) is 36.6 Å². The maximum atomic E-state index is 4.51. The number of nitrogens with zero attached hydrogens (tertiary/aromatic N) is 4. The van der Waals surface area contributed by atoms with Crippen LogP contribution in [-0.4, -0.2) is 24.5 Å². The Morgan fingerprint density at radius 3 is 2.86 bits per heavy atom. The van der Waals surface area contributed by atoms with Crippen LogP contribution >= 0.6 is 0 Å². The number of pyridine rings is 1. The molecule has 5 heteroatoms. The topological polar surface area (TPSA) is 59.4 Å². The summed E-state index contributed by atoms with van der Waals surface area (Å²) in [5.41, 5.74) is 2.06. The van der Waals surface area contributed by atoms with Gasteiger partial charge in [0.25, 0.3) is 0 Å². The van der Waals surface area contributed by atoms with Crippen molar-refractivity contribution in [3.8, 4) is 11.4 Å². The Labute approximate surface area is 121 Å². The van der Waals surface area contributed by atoms with Gasteiger partial charge in [-0.15, -0.1) is 0 Å². The molecular weight excluding hydrogens is 262 g/mol. The fraction of sp³-hybridized carbons (Fsp3) is 0.0625. The molecule has 0 aliphatic heterocycles. The predicted molar refractivity (Wildman–Crippen MR) is 80.7 cm³/mol. The van der Waals surface area contributed by atoms with E-state index in [1.54, 1.807) is 12.4 Å². The minimum absolute atomic E-state index is 0.666. The number of hydrogen-bond acceptors (Lipinski definition) is 3. The lowest BCUT2D eigenvalue weighted by Gasteiger charge is -2.08. The van der Waals surface area contributed by atoms with Crippen LogP contribution in [0.1, 0.15) is 5.82 Å². The molecule has 0 atom stereocenters. The normalized spacial score (nSPS) is 11.0. The molecule has 5 nitrogen and oxygen atoms in total. The van der Waals surface area contributed by atoms with Crippen LogP contribution in [0, 0.1) is 0 Å². The zero-order valence-electron chi connectivity index (χ0n) is 11.3. The molecule has 1 N–H and O–H groups in total. The van der Waals surface area contributed by atoms with Crippen molar-refractivity contribution in [3.63, 3.8) is 0 Å². The van der Waals surface area contributed by atoms with Crippen LogP contribution in [0.3, 0.4) is 0 Å². The quantitative estimate of drug-likeness (QED) is 0.625. The molecule has 0 radical (unpaired) electrons. The highest BCUT2D eigenvalue weighted by Crippen LogP contribution is 2.26. The van der Waals surface area contributed by atoms with Crippen molar-refractivity contribution in [2.24, 2.45) is 0 Å². The summed E-state index contributed by atoms with van der Waals surface area (Å²) in [6.45, 7) is 0.666. The predicted octanol–water partition coefficient (Wildman–Crippen LogP) is 2.87. The number of fused-ring (bicyclic) bond motifs is 1. The second-order valence-corrected chi connectivity index (χ2v) is 4.79. The van der Waals surface area contributed by atoms with Crippen molar-refractivity contribution in [1.82, 2.24) is 24.5 Å². The van der Waals surface area contributed by atoms with Gasteiger partial charge >= 0.3 is 0 Å². The van der Waals surface area contributed by atoms with E-state index >= 15 is 0 Å². The fourth-order valence-electron chi connectivity index (χ4n) is 2.53. The average Bonchev–Trinajstić information content (AvgIpc) is 3.19. The lowest BCUT2D eigenvalue weighted by molar-refractivity contribution is 0.764. The number of H-pyrrole nitrogens is 1. The van der Waals surface area contributed by atoms with Gasteiger partial charge in [-0.05, 0) is 12.1 Å². The van der Waals surface area contributed by atoms with Gasteiger partial charge in [0.2, 0.25) is 0 Å². The number of nitrogens with one attached hydrogen (secondary N) is 1. The lowest BCUT2D eigenvalue weighted by Crippen LogP contribution is -2.03. The van der Waals surface area contributed by atoms with E-state index in [-0.39, 0.29) is 0 Å². The molecule has 3 aromatic heterocycles. The van der Waals surface area contributed by atoms with Gasteiger partial charge in [0.1, 0.15) is 11.6 Å². The molecule has 3 heterocycles. The standard InChI is InChI=1S/C16H13N5/c1-3-13(12-4-2-6-17-14(12)5-1)16-20-9-10-21(16)11-15-18-7-8-19-15/h1-10H,11H2,(H,18,19). The van der Waals surface area contributed by atoms with Crippen molar-refractivity contribution in [3.05, 3.63) is 67.1 Å². The van der Waals surface area contributed by atoms with Crippen molar-refractivity contribution in [2.45, 2.75) is 6.54 Å². The summed E-state index contributed by atoms with van der Waals surface area (Å²) in [7, 11) is 0. The monoisotopic (exact) mass is 275 g/mol. The number of aromatic nitrogens is 5. The maximum Gasteiger partial charge on any atom is 0.140 e. The van der Waals surface area contributed by atoms with Gasteiger partial charge in [0, 0.05) is 41.9 Å². The smallest absolute Gasteiger partial charge is 0.140 e. The number of aromatic amines is 1. The molecule has 0 aliphatic rings. The Morgan fingerprint density at radius 1 is 0.952 bits per heavy atom. The van der Waals surface area contributed by atoms with Crippen molar-refractivity contribution < 1.29 is 0 Å². The zero-order valence-corrected chi connectivity index (χ0v) is 11.3. The first-order valence-corrected chi connectivity index (χ1v) is 6.75. The highest BCUT2D eigenvalue weighted by atomic mass is 15.1. The molecular formula is C16H13N5. The van der Waals surface area contributed by atoms with Gasteiger partial charge in [-0.2, -0.15) is 0 Å². The Bertz CT molecular complexity index is 871. The van der Waals surface area contributed by atoms with Crippen LogP contribution < -0.4 is 0 Å². The van der Waals surface area contributed by atoms with Gasteiger partial charge in [0.05, 0.1) is 12.1 Å².